The number of benzene rings is 1. The van der Waals surface area contributed by atoms with Crippen LogP contribution < -0.4 is 0 Å². The van der Waals surface area contributed by atoms with Crippen molar-refractivity contribution in [1.29, 1.82) is 0 Å². The highest BCUT2D eigenvalue weighted by Gasteiger charge is 2.31. The monoisotopic (exact) mass is 364 g/mol. The van der Waals surface area contributed by atoms with Crippen LogP contribution in [0.1, 0.15) is 6.42 Å². The van der Waals surface area contributed by atoms with Crippen LogP contribution in [0.2, 0.25) is 0 Å². The lowest BCUT2D eigenvalue weighted by molar-refractivity contribution is -0.129. The molecule has 2 rings (SSSR count). The van der Waals surface area contributed by atoms with Gasteiger partial charge in [-0.05, 0) is 40.5 Å². The molecule has 1 aliphatic rings. The lowest BCUT2D eigenvalue weighted by Crippen LogP contribution is -2.38. The normalized spacial score (nSPS) is 18.1. The Morgan fingerprint density at radius 2 is 2.00 bits per heavy atom. The summed E-state index contributed by atoms with van der Waals surface area (Å²) in [6, 6.07) is 3.38. The van der Waals surface area contributed by atoms with E-state index in [0.717, 1.165) is 16.4 Å². The van der Waals surface area contributed by atoms with E-state index in [1.54, 1.807) is 7.05 Å². The SMILES string of the molecule is CN1CCCN(S(=O)(=O)c2ccc(F)cc2Br)CC1=O. The van der Waals surface area contributed by atoms with E-state index in [0.29, 0.717) is 13.0 Å². The molecule has 1 fully saturated rings. The van der Waals surface area contributed by atoms with Gasteiger partial charge in [-0.15, -0.1) is 0 Å². The number of hydrogen-bond acceptors (Lipinski definition) is 3. The highest BCUT2D eigenvalue weighted by molar-refractivity contribution is 9.10. The molecule has 110 valence electrons. The summed E-state index contributed by atoms with van der Waals surface area (Å²) in [4.78, 5) is 13.3. The summed E-state index contributed by atoms with van der Waals surface area (Å²) in [5.41, 5.74) is 0. The minimum atomic E-state index is -3.82. The molecule has 1 aromatic rings. The molecular formula is C12H14BrFN2O3S. The first kappa shape index (κ1) is 15.4. The molecule has 20 heavy (non-hydrogen) atoms. The fourth-order valence-corrected chi connectivity index (χ4v) is 4.43. The summed E-state index contributed by atoms with van der Waals surface area (Å²) in [7, 11) is -2.17. The van der Waals surface area contributed by atoms with Gasteiger partial charge in [-0.3, -0.25) is 4.79 Å². The predicted molar refractivity (Wildman–Crippen MR) is 75.1 cm³/mol. The third kappa shape index (κ3) is 3.02. The van der Waals surface area contributed by atoms with E-state index in [1.807, 2.05) is 0 Å². The Morgan fingerprint density at radius 1 is 1.30 bits per heavy atom. The van der Waals surface area contributed by atoms with Crippen molar-refractivity contribution in [2.75, 3.05) is 26.7 Å². The Kier molecular flexibility index (Phi) is 4.46. The number of hydrogen-bond donors (Lipinski definition) is 0. The van der Waals surface area contributed by atoms with E-state index in [1.165, 1.54) is 11.0 Å². The standard InChI is InChI=1S/C12H14BrFN2O3S/c1-15-5-2-6-16(8-12(15)17)20(18,19)11-4-3-9(14)7-10(11)13/h3-4,7H,2,5-6,8H2,1H3. The van der Waals surface area contributed by atoms with Crippen molar-refractivity contribution in [3.05, 3.63) is 28.5 Å². The molecule has 0 atom stereocenters. The van der Waals surface area contributed by atoms with Crippen molar-refractivity contribution < 1.29 is 17.6 Å². The summed E-state index contributed by atoms with van der Waals surface area (Å²) in [6.45, 7) is 0.598. The molecule has 1 aliphatic heterocycles. The first-order valence-corrected chi connectivity index (χ1v) is 8.25. The molecule has 0 bridgehead atoms. The van der Waals surface area contributed by atoms with Crippen LogP contribution in [0.25, 0.3) is 0 Å². The van der Waals surface area contributed by atoms with Gasteiger partial charge >= 0.3 is 0 Å². The van der Waals surface area contributed by atoms with E-state index < -0.39 is 15.8 Å². The number of carbonyl (C=O) groups excluding carboxylic acids is 1. The lowest BCUT2D eigenvalue weighted by Gasteiger charge is -2.20. The average molecular weight is 365 g/mol. The summed E-state index contributed by atoms with van der Waals surface area (Å²) < 4.78 is 39.4. The highest BCUT2D eigenvalue weighted by Crippen LogP contribution is 2.26. The number of halogens is 2. The zero-order valence-electron chi connectivity index (χ0n) is 10.8. The zero-order chi connectivity index (χ0) is 14.9. The number of nitrogens with zero attached hydrogens (tertiary/aromatic N) is 2. The first-order valence-electron chi connectivity index (χ1n) is 6.01. The molecule has 8 heteroatoms. The second kappa shape index (κ2) is 5.79. The van der Waals surface area contributed by atoms with E-state index in [2.05, 4.69) is 15.9 Å². The number of likely N-dealkylation sites (N-methyl/N-ethyl adjacent to an activating group) is 1. The number of sulfonamides is 1. The summed E-state index contributed by atoms with van der Waals surface area (Å²) in [5.74, 6) is -0.771. The van der Waals surface area contributed by atoms with Gasteiger partial charge in [0, 0.05) is 24.6 Å². The molecule has 1 saturated heterocycles. The number of carbonyl (C=O) groups is 1. The highest BCUT2D eigenvalue weighted by atomic mass is 79.9. The van der Waals surface area contributed by atoms with Gasteiger partial charge in [0.15, 0.2) is 0 Å². The van der Waals surface area contributed by atoms with Gasteiger partial charge in [-0.1, -0.05) is 0 Å². The van der Waals surface area contributed by atoms with Crippen molar-refractivity contribution in [2.24, 2.45) is 0 Å². The Hall–Kier alpha value is -0.990. The van der Waals surface area contributed by atoms with Crippen molar-refractivity contribution in [1.82, 2.24) is 9.21 Å². The maximum Gasteiger partial charge on any atom is 0.244 e. The predicted octanol–water partition coefficient (Wildman–Crippen LogP) is 1.44. The third-order valence-electron chi connectivity index (χ3n) is 3.15. The van der Waals surface area contributed by atoms with Crippen molar-refractivity contribution in [3.8, 4) is 0 Å². The summed E-state index contributed by atoms with van der Waals surface area (Å²) in [5, 5.41) is 0. The lowest BCUT2D eigenvalue weighted by atomic mass is 10.3. The molecule has 0 N–H and O–H groups in total. The van der Waals surface area contributed by atoms with Gasteiger partial charge in [0.25, 0.3) is 0 Å². The number of rotatable bonds is 2. The van der Waals surface area contributed by atoms with Crippen LogP contribution in [0.3, 0.4) is 0 Å². The Balaban J connectivity index is 2.36. The van der Waals surface area contributed by atoms with E-state index >= 15 is 0 Å². The van der Waals surface area contributed by atoms with Crippen LogP contribution in [-0.4, -0.2) is 50.2 Å². The first-order chi connectivity index (χ1) is 9.32. The third-order valence-corrected chi connectivity index (χ3v) is 5.97. The maximum atomic E-state index is 13.1. The topological polar surface area (TPSA) is 57.7 Å². The Bertz CT molecular complexity index is 636. The molecule has 0 spiro atoms. The summed E-state index contributed by atoms with van der Waals surface area (Å²) in [6.07, 6.45) is 0.570. The molecule has 0 radical (unpaired) electrons. The molecule has 1 aromatic carbocycles. The van der Waals surface area contributed by atoms with Gasteiger partial charge < -0.3 is 4.90 Å². The van der Waals surface area contributed by atoms with Gasteiger partial charge in [-0.25, -0.2) is 12.8 Å². The molecule has 0 unspecified atom stereocenters. The van der Waals surface area contributed by atoms with Crippen LogP contribution >= 0.6 is 15.9 Å². The maximum absolute atomic E-state index is 13.1. The van der Waals surface area contributed by atoms with Gasteiger partial charge in [-0.2, -0.15) is 4.31 Å². The molecular weight excluding hydrogens is 351 g/mol. The van der Waals surface area contributed by atoms with Gasteiger partial charge in [0.2, 0.25) is 15.9 Å². The van der Waals surface area contributed by atoms with Crippen molar-refractivity contribution >= 4 is 31.9 Å². The molecule has 0 aliphatic carbocycles. The van der Waals surface area contributed by atoms with Crippen LogP contribution in [0.5, 0.6) is 0 Å². The van der Waals surface area contributed by atoms with Crippen LogP contribution in [0.15, 0.2) is 27.6 Å². The zero-order valence-corrected chi connectivity index (χ0v) is 13.2. The quantitative estimate of drug-likeness (QED) is 0.797. The number of amides is 1. The largest absolute Gasteiger partial charge is 0.345 e. The molecule has 1 amide bonds. The molecule has 5 nitrogen and oxygen atoms in total. The summed E-state index contributed by atoms with van der Waals surface area (Å²) >= 11 is 3.05. The minimum Gasteiger partial charge on any atom is -0.345 e. The van der Waals surface area contributed by atoms with E-state index in [-0.39, 0.29) is 28.4 Å². The fraction of sp³-hybridized carbons (Fsp3) is 0.417. The van der Waals surface area contributed by atoms with Crippen molar-refractivity contribution in [2.45, 2.75) is 11.3 Å². The van der Waals surface area contributed by atoms with Crippen LogP contribution in [0.4, 0.5) is 4.39 Å². The molecule has 1 heterocycles. The van der Waals surface area contributed by atoms with Gasteiger partial charge in [0.05, 0.1) is 11.4 Å². The second-order valence-electron chi connectivity index (χ2n) is 4.58. The average Bonchev–Trinajstić information content (AvgIpc) is 2.52. The Labute approximate surface area is 125 Å². The minimum absolute atomic E-state index is 0.0312. The van der Waals surface area contributed by atoms with Crippen LogP contribution in [-0.2, 0) is 14.8 Å². The molecule has 0 aromatic heterocycles. The van der Waals surface area contributed by atoms with E-state index in [9.17, 15) is 17.6 Å². The smallest absolute Gasteiger partial charge is 0.244 e. The molecule has 0 saturated carbocycles. The van der Waals surface area contributed by atoms with Crippen LogP contribution in [0, 0.1) is 5.82 Å². The van der Waals surface area contributed by atoms with Gasteiger partial charge in [0.1, 0.15) is 5.82 Å². The van der Waals surface area contributed by atoms with E-state index in [4.69, 9.17) is 0 Å². The second-order valence-corrected chi connectivity index (χ2v) is 7.34. The Morgan fingerprint density at radius 3 is 2.65 bits per heavy atom. The van der Waals surface area contributed by atoms with Crippen molar-refractivity contribution in [3.63, 3.8) is 0 Å². The fourth-order valence-electron chi connectivity index (χ4n) is 1.99.